The average Bonchev–Trinajstić information content (AvgIpc) is 3.24. The Morgan fingerprint density at radius 3 is 2.38 bits per heavy atom. The van der Waals surface area contributed by atoms with E-state index in [2.05, 4.69) is 15.3 Å². The fourth-order valence-corrected chi connectivity index (χ4v) is 4.41. The molecule has 2 aromatic heterocycles. The minimum absolute atomic E-state index is 0.254. The fraction of sp³-hybridized carbons (Fsp3) is 0.125. The average molecular weight is 448 g/mol. The van der Waals surface area contributed by atoms with Crippen LogP contribution in [0.1, 0.15) is 27.2 Å². The second-order valence-electron chi connectivity index (χ2n) is 7.42. The molecular formula is C24H21N3O4S. The lowest BCUT2D eigenvalue weighted by Crippen LogP contribution is -2.11. The van der Waals surface area contributed by atoms with Crippen LogP contribution in [0.5, 0.6) is 0 Å². The molecule has 4 rings (SSSR count). The summed E-state index contributed by atoms with van der Waals surface area (Å²) in [6, 6.07) is 15.2. The van der Waals surface area contributed by atoms with Crippen molar-refractivity contribution in [3.63, 3.8) is 0 Å². The fourth-order valence-electron chi connectivity index (χ4n) is 3.09. The Labute approximate surface area is 186 Å². The number of sulfone groups is 1. The van der Waals surface area contributed by atoms with Gasteiger partial charge >= 0.3 is 0 Å². The van der Waals surface area contributed by atoms with E-state index in [0.29, 0.717) is 22.5 Å². The van der Waals surface area contributed by atoms with Gasteiger partial charge in [0.15, 0.2) is 9.84 Å². The van der Waals surface area contributed by atoms with Crippen LogP contribution in [0.4, 0.5) is 5.69 Å². The second-order valence-corrected chi connectivity index (χ2v) is 9.41. The molecule has 0 saturated carbocycles. The highest BCUT2D eigenvalue weighted by Crippen LogP contribution is 2.23. The zero-order valence-corrected chi connectivity index (χ0v) is 18.4. The summed E-state index contributed by atoms with van der Waals surface area (Å²) in [7, 11) is -3.55. The smallest absolute Gasteiger partial charge is 0.255 e. The van der Waals surface area contributed by atoms with Crippen LogP contribution in [-0.4, -0.2) is 24.3 Å². The van der Waals surface area contributed by atoms with E-state index in [4.69, 9.17) is 4.42 Å². The molecule has 0 aliphatic rings. The van der Waals surface area contributed by atoms with E-state index in [1.54, 1.807) is 67.0 Å². The number of pyridine rings is 1. The number of benzene rings is 2. The van der Waals surface area contributed by atoms with Crippen LogP contribution >= 0.6 is 0 Å². The molecule has 2 aromatic carbocycles. The first-order valence-electron chi connectivity index (χ1n) is 9.88. The van der Waals surface area contributed by atoms with Crippen molar-refractivity contribution in [2.45, 2.75) is 24.5 Å². The lowest BCUT2D eigenvalue weighted by atomic mass is 10.1. The van der Waals surface area contributed by atoms with Crippen LogP contribution in [0.2, 0.25) is 0 Å². The summed E-state index contributed by atoms with van der Waals surface area (Å²) in [5.41, 5.74) is 4.02. The molecule has 0 saturated heterocycles. The van der Waals surface area contributed by atoms with Gasteiger partial charge in [0, 0.05) is 29.2 Å². The van der Waals surface area contributed by atoms with Gasteiger partial charge in [0.1, 0.15) is 12.0 Å². The van der Waals surface area contributed by atoms with Crippen molar-refractivity contribution in [1.29, 1.82) is 0 Å². The number of nitrogens with zero attached hydrogens (tertiary/aromatic N) is 2. The zero-order valence-electron chi connectivity index (χ0n) is 17.6. The number of hydrogen-bond acceptors (Lipinski definition) is 6. The topological polar surface area (TPSA) is 102 Å². The summed E-state index contributed by atoms with van der Waals surface area (Å²) >= 11 is 0. The van der Waals surface area contributed by atoms with E-state index < -0.39 is 9.84 Å². The van der Waals surface area contributed by atoms with Gasteiger partial charge in [-0.25, -0.2) is 13.4 Å². The van der Waals surface area contributed by atoms with Crippen molar-refractivity contribution in [2.24, 2.45) is 0 Å². The molecular weight excluding hydrogens is 426 g/mol. The molecule has 0 fully saturated rings. The molecule has 2 heterocycles. The minimum Gasteiger partial charge on any atom is -0.444 e. The molecule has 0 atom stereocenters. The van der Waals surface area contributed by atoms with Gasteiger partial charge in [-0.2, -0.15) is 0 Å². The molecule has 0 aliphatic heterocycles. The molecule has 1 N–H and O–H groups in total. The highest BCUT2D eigenvalue weighted by Gasteiger charge is 2.19. The first kappa shape index (κ1) is 21.5. The molecule has 0 unspecified atom stereocenters. The number of amides is 1. The highest BCUT2D eigenvalue weighted by atomic mass is 32.2. The third kappa shape index (κ3) is 4.76. The number of anilines is 1. The normalized spacial score (nSPS) is 11.3. The van der Waals surface area contributed by atoms with Crippen molar-refractivity contribution in [1.82, 2.24) is 9.97 Å². The van der Waals surface area contributed by atoms with Crippen molar-refractivity contribution in [3.05, 3.63) is 95.6 Å². The monoisotopic (exact) mass is 447 g/mol. The number of nitrogens with one attached hydrogen (secondary N) is 1. The summed E-state index contributed by atoms with van der Waals surface area (Å²) in [6.07, 6.45) is 4.54. The summed E-state index contributed by atoms with van der Waals surface area (Å²) in [4.78, 5) is 20.9. The van der Waals surface area contributed by atoms with Gasteiger partial charge in [0.05, 0.1) is 10.6 Å². The van der Waals surface area contributed by atoms with Crippen molar-refractivity contribution < 1.29 is 17.6 Å². The number of hydrogen-bond donors (Lipinski definition) is 1. The van der Waals surface area contributed by atoms with Gasteiger partial charge in [-0.1, -0.05) is 6.07 Å². The molecule has 7 nitrogen and oxygen atoms in total. The van der Waals surface area contributed by atoms with E-state index in [1.165, 1.54) is 6.26 Å². The van der Waals surface area contributed by atoms with Gasteiger partial charge in [0.2, 0.25) is 5.89 Å². The number of aromatic nitrogens is 2. The molecule has 0 spiro atoms. The molecule has 1 amide bonds. The number of carbonyl (C=O) groups excluding carboxylic acids is 1. The summed E-state index contributed by atoms with van der Waals surface area (Å²) < 4.78 is 31.0. The third-order valence-corrected chi connectivity index (χ3v) is 6.71. The molecule has 4 aromatic rings. The van der Waals surface area contributed by atoms with Crippen molar-refractivity contribution in [2.75, 3.05) is 5.32 Å². The molecule has 162 valence electrons. The predicted octanol–water partition coefficient (Wildman–Crippen LogP) is 4.58. The maximum atomic E-state index is 12.8. The van der Waals surface area contributed by atoms with Gasteiger partial charge in [-0.3, -0.25) is 9.78 Å². The van der Waals surface area contributed by atoms with Crippen LogP contribution in [0.25, 0.3) is 11.5 Å². The van der Waals surface area contributed by atoms with Gasteiger partial charge in [-0.15, -0.1) is 0 Å². The molecule has 0 radical (unpaired) electrons. The van der Waals surface area contributed by atoms with Crippen LogP contribution in [0, 0.1) is 13.8 Å². The Balaban J connectivity index is 1.47. The van der Waals surface area contributed by atoms with Crippen molar-refractivity contribution in [3.8, 4) is 11.5 Å². The number of rotatable bonds is 6. The molecule has 8 heteroatoms. The Morgan fingerprint density at radius 1 is 0.969 bits per heavy atom. The molecule has 0 aliphatic carbocycles. The van der Waals surface area contributed by atoms with Gasteiger partial charge < -0.3 is 9.73 Å². The van der Waals surface area contributed by atoms with Crippen LogP contribution in [0.3, 0.4) is 0 Å². The van der Waals surface area contributed by atoms with E-state index in [-0.39, 0.29) is 22.4 Å². The van der Waals surface area contributed by atoms with Crippen molar-refractivity contribution >= 4 is 21.4 Å². The van der Waals surface area contributed by atoms with Crippen LogP contribution in [-0.2, 0) is 15.6 Å². The van der Waals surface area contributed by atoms with E-state index >= 15 is 0 Å². The van der Waals surface area contributed by atoms with Crippen LogP contribution < -0.4 is 5.32 Å². The van der Waals surface area contributed by atoms with E-state index in [1.807, 2.05) is 13.8 Å². The first-order chi connectivity index (χ1) is 15.3. The number of aryl methyl sites for hydroxylation is 2. The second kappa shape index (κ2) is 8.76. The number of carbonyl (C=O) groups is 1. The Bertz CT molecular complexity index is 1360. The lowest BCUT2D eigenvalue weighted by molar-refractivity contribution is 0.102. The van der Waals surface area contributed by atoms with Gasteiger partial charge in [0.25, 0.3) is 5.91 Å². The summed E-state index contributed by atoms with van der Waals surface area (Å²) in [6.45, 7) is 3.81. The SMILES string of the molecule is Cc1ccc(S(=O)(=O)Cc2coc(-c3ccc(C(=O)Nc4ccncc4)cc3)n2)cc1C. The maximum Gasteiger partial charge on any atom is 0.255 e. The lowest BCUT2D eigenvalue weighted by Gasteiger charge is -2.05. The maximum absolute atomic E-state index is 12.8. The summed E-state index contributed by atoms with van der Waals surface area (Å²) in [5.74, 6) is -0.225. The number of oxazole rings is 1. The quantitative estimate of drug-likeness (QED) is 0.464. The molecule has 32 heavy (non-hydrogen) atoms. The molecule has 0 bridgehead atoms. The first-order valence-corrected chi connectivity index (χ1v) is 11.5. The predicted molar refractivity (Wildman–Crippen MR) is 121 cm³/mol. The minimum atomic E-state index is -3.55. The van der Waals surface area contributed by atoms with Gasteiger partial charge in [-0.05, 0) is 73.5 Å². The van der Waals surface area contributed by atoms with Crippen LogP contribution in [0.15, 0.2) is 82.6 Å². The third-order valence-electron chi connectivity index (χ3n) is 5.06. The van der Waals surface area contributed by atoms with E-state index in [9.17, 15) is 13.2 Å². The highest BCUT2D eigenvalue weighted by molar-refractivity contribution is 7.90. The van der Waals surface area contributed by atoms with E-state index in [0.717, 1.165) is 11.1 Å². The Kier molecular flexibility index (Phi) is 5.87. The Morgan fingerprint density at radius 2 is 1.69 bits per heavy atom. The zero-order chi connectivity index (χ0) is 22.7. The Hall–Kier alpha value is -3.78. The largest absolute Gasteiger partial charge is 0.444 e. The summed E-state index contributed by atoms with van der Waals surface area (Å²) in [5, 5.41) is 2.79. The standard InChI is InChI=1S/C24H21N3O4S/c1-16-3-8-22(13-17(16)2)32(29,30)15-21-14-31-24(27-21)19-6-4-18(5-7-19)23(28)26-20-9-11-25-12-10-20/h3-14H,15H2,1-2H3,(H,25,26,28).